The molecule has 0 aromatic heterocycles. The quantitative estimate of drug-likeness (QED) is 0.779. The van der Waals surface area contributed by atoms with Gasteiger partial charge >= 0.3 is 0 Å². The third-order valence-corrected chi connectivity index (χ3v) is 7.30. The molecule has 1 N–H and O–H groups in total. The number of sulfonamides is 1. The van der Waals surface area contributed by atoms with Gasteiger partial charge < -0.3 is 4.90 Å². The highest BCUT2D eigenvalue weighted by Gasteiger charge is 2.28. The predicted molar refractivity (Wildman–Crippen MR) is 109 cm³/mol. The van der Waals surface area contributed by atoms with Crippen molar-refractivity contribution >= 4 is 15.7 Å². The molecule has 2 aromatic rings. The highest BCUT2D eigenvalue weighted by atomic mass is 32.2. The van der Waals surface area contributed by atoms with Gasteiger partial charge in [-0.15, -0.1) is 0 Å². The van der Waals surface area contributed by atoms with Crippen molar-refractivity contribution in [2.75, 3.05) is 38.1 Å². The van der Waals surface area contributed by atoms with Gasteiger partial charge in [-0.05, 0) is 61.7 Å². The average molecular weight is 422 g/mol. The van der Waals surface area contributed by atoms with E-state index in [1.807, 2.05) is 0 Å². The van der Waals surface area contributed by atoms with Crippen molar-refractivity contribution in [1.82, 2.24) is 9.62 Å². The van der Waals surface area contributed by atoms with Gasteiger partial charge in [0.2, 0.25) is 10.0 Å². The van der Waals surface area contributed by atoms with Crippen LogP contribution in [0.5, 0.6) is 0 Å². The van der Waals surface area contributed by atoms with Crippen LogP contribution in [0.1, 0.15) is 30.0 Å². The van der Waals surface area contributed by atoms with Gasteiger partial charge in [0.25, 0.3) is 0 Å². The Labute approximate surface area is 170 Å². The van der Waals surface area contributed by atoms with Crippen molar-refractivity contribution in [1.29, 1.82) is 0 Å². The topological polar surface area (TPSA) is 52.7 Å². The van der Waals surface area contributed by atoms with E-state index in [4.69, 9.17) is 0 Å². The first-order valence-corrected chi connectivity index (χ1v) is 11.4. The molecule has 1 atom stereocenters. The molecule has 2 aromatic carbocycles. The van der Waals surface area contributed by atoms with Gasteiger partial charge in [-0.1, -0.05) is 12.1 Å². The highest BCUT2D eigenvalue weighted by molar-refractivity contribution is 7.89. The van der Waals surface area contributed by atoms with Crippen LogP contribution in [0, 0.1) is 11.6 Å². The van der Waals surface area contributed by atoms with Gasteiger partial charge in [-0.2, -0.15) is 0 Å². The van der Waals surface area contributed by atoms with Crippen LogP contribution in [0.3, 0.4) is 0 Å². The molecule has 2 aliphatic heterocycles. The molecule has 29 heavy (non-hydrogen) atoms. The fourth-order valence-corrected chi connectivity index (χ4v) is 5.36. The minimum absolute atomic E-state index is 0.132. The second-order valence-electron chi connectivity index (χ2n) is 7.75. The summed E-state index contributed by atoms with van der Waals surface area (Å²) in [7, 11) is -2.02. The van der Waals surface area contributed by atoms with Crippen LogP contribution in [0.2, 0.25) is 0 Å². The molecule has 0 spiro atoms. The molecule has 0 amide bonds. The number of hydrogen-bond acceptors (Lipinski definition) is 4. The summed E-state index contributed by atoms with van der Waals surface area (Å²) in [4.78, 5) is 3.95. The third-order valence-electron chi connectivity index (χ3n) is 5.85. The molecule has 0 radical (unpaired) electrons. The number of nitrogens with one attached hydrogen (secondary N) is 1. The van der Waals surface area contributed by atoms with Crippen molar-refractivity contribution in [2.45, 2.75) is 30.2 Å². The number of fused-ring (bicyclic) bond motifs is 1. The molecule has 2 heterocycles. The number of nitrogens with zero attached hydrogens (tertiary/aromatic N) is 2. The molecule has 1 saturated heterocycles. The average Bonchev–Trinajstić information content (AvgIpc) is 3.32. The van der Waals surface area contributed by atoms with Crippen LogP contribution in [-0.4, -0.2) is 46.5 Å². The monoisotopic (exact) mass is 421 g/mol. The van der Waals surface area contributed by atoms with Gasteiger partial charge in [-0.25, -0.2) is 21.9 Å². The first-order chi connectivity index (χ1) is 13.8. The molecule has 4 rings (SSSR count). The maximum absolute atomic E-state index is 14.0. The molecular formula is C21H25F2N3O2S. The Hall–Kier alpha value is -2.03. The molecule has 2 aliphatic rings. The zero-order valence-corrected chi connectivity index (χ0v) is 17.2. The van der Waals surface area contributed by atoms with Crippen LogP contribution in [0.15, 0.2) is 41.3 Å². The van der Waals surface area contributed by atoms with Gasteiger partial charge in [0.1, 0.15) is 16.5 Å². The minimum atomic E-state index is -4.09. The van der Waals surface area contributed by atoms with E-state index in [9.17, 15) is 17.2 Å². The summed E-state index contributed by atoms with van der Waals surface area (Å²) in [6.07, 6.45) is 3.12. The van der Waals surface area contributed by atoms with Crippen LogP contribution < -0.4 is 9.62 Å². The summed E-state index contributed by atoms with van der Waals surface area (Å²) in [5, 5.41) is 0. The fraction of sp³-hybridized carbons (Fsp3) is 0.429. The zero-order valence-electron chi connectivity index (χ0n) is 16.4. The van der Waals surface area contributed by atoms with Crippen LogP contribution >= 0.6 is 0 Å². The van der Waals surface area contributed by atoms with E-state index in [2.05, 4.69) is 39.8 Å². The van der Waals surface area contributed by atoms with E-state index in [-0.39, 0.29) is 12.6 Å². The summed E-state index contributed by atoms with van der Waals surface area (Å²) < 4.78 is 55.0. The van der Waals surface area contributed by atoms with Crippen molar-refractivity contribution in [3.63, 3.8) is 0 Å². The van der Waals surface area contributed by atoms with E-state index in [0.29, 0.717) is 6.07 Å². The predicted octanol–water partition coefficient (Wildman–Crippen LogP) is 3.07. The van der Waals surface area contributed by atoms with E-state index < -0.39 is 26.6 Å². The minimum Gasteiger partial charge on any atom is -0.374 e. The maximum atomic E-state index is 14.0. The molecule has 8 heteroatoms. The first-order valence-electron chi connectivity index (χ1n) is 9.88. The second kappa shape index (κ2) is 8.01. The van der Waals surface area contributed by atoms with Gasteiger partial charge in [0.15, 0.2) is 0 Å². The summed E-state index contributed by atoms with van der Waals surface area (Å²) in [5.41, 5.74) is 3.53. The number of likely N-dealkylation sites (tertiary alicyclic amines) is 1. The summed E-state index contributed by atoms with van der Waals surface area (Å²) in [5.74, 6) is -1.89. The fourth-order valence-electron chi connectivity index (χ4n) is 4.26. The molecule has 0 bridgehead atoms. The first kappa shape index (κ1) is 20.3. The Bertz CT molecular complexity index is 1010. The number of benzene rings is 2. The van der Waals surface area contributed by atoms with E-state index in [0.717, 1.165) is 56.6 Å². The lowest BCUT2D eigenvalue weighted by molar-refractivity contribution is 0.246. The molecular weight excluding hydrogens is 396 g/mol. The van der Waals surface area contributed by atoms with E-state index >= 15 is 0 Å². The Balaban J connectivity index is 1.58. The van der Waals surface area contributed by atoms with Crippen LogP contribution in [0.25, 0.3) is 0 Å². The SMILES string of the molecule is CN1CCc2cc([C@H](CNS(=O)(=O)c3ccc(F)cc3F)N3CCCC3)ccc21. The van der Waals surface area contributed by atoms with Gasteiger partial charge in [0.05, 0.1) is 0 Å². The summed E-state index contributed by atoms with van der Waals surface area (Å²) in [6.45, 7) is 2.90. The Morgan fingerprint density at radius 2 is 1.83 bits per heavy atom. The summed E-state index contributed by atoms with van der Waals surface area (Å²) >= 11 is 0. The second-order valence-corrected chi connectivity index (χ2v) is 9.48. The number of halogens is 2. The molecule has 0 aliphatic carbocycles. The molecule has 1 fully saturated rings. The lowest BCUT2D eigenvalue weighted by atomic mass is 10.0. The molecule has 0 saturated carbocycles. The van der Waals surface area contributed by atoms with Gasteiger partial charge in [0, 0.05) is 37.9 Å². The number of hydrogen-bond donors (Lipinski definition) is 1. The lowest BCUT2D eigenvalue weighted by Gasteiger charge is -2.29. The van der Waals surface area contributed by atoms with Crippen molar-refractivity contribution < 1.29 is 17.2 Å². The van der Waals surface area contributed by atoms with Crippen LogP contribution in [-0.2, 0) is 16.4 Å². The number of anilines is 1. The summed E-state index contributed by atoms with van der Waals surface area (Å²) in [6, 6.07) is 8.67. The van der Waals surface area contributed by atoms with Crippen molar-refractivity contribution in [2.24, 2.45) is 0 Å². The highest BCUT2D eigenvalue weighted by Crippen LogP contribution is 2.32. The number of rotatable bonds is 6. The molecule has 5 nitrogen and oxygen atoms in total. The van der Waals surface area contributed by atoms with E-state index in [1.165, 1.54) is 11.3 Å². The molecule has 156 valence electrons. The maximum Gasteiger partial charge on any atom is 0.243 e. The standard InChI is InChI=1S/C21H25F2N3O2S/c1-25-11-8-16-12-15(4-6-19(16)25)20(26-9-2-3-10-26)14-24-29(27,28)21-7-5-17(22)13-18(21)23/h4-7,12-13,20,24H,2-3,8-11,14H2,1H3/t20-/m0/s1. The van der Waals surface area contributed by atoms with Crippen molar-refractivity contribution in [3.8, 4) is 0 Å². The molecule has 0 unspecified atom stereocenters. The Morgan fingerprint density at radius 1 is 1.07 bits per heavy atom. The Kier molecular flexibility index (Phi) is 5.59. The van der Waals surface area contributed by atoms with Crippen molar-refractivity contribution in [3.05, 3.63) is 59.2 Å². The lowest BCUT2D eigenvalue weighted by Crippen LogP contribution is -2.37. The van der Waals surface area contributed by atoms with E-state index in [1.54, 1.807) is 0 Å². The van der Waals surface area contributed by atoms with Gasteiger partial charge in [-0.3, -0.25) is 4.90 Å². The number of likely N-dealkylation sites (N-methyl/N-ethyl adjacent to an activating group) is 1. The zero-order chi connectivity index (χ0) is 20.6. The van der Waals surface area contributed by atoms with Crippen LogP contribution in [0.4, 0.5) is 14.5 Å². The normalized spacial score (nSPS) is 18.2. The Morgan fingerprint density at radius 3 is 2.55 bits per heavy atom. The largest absolute Gasteiger partial charge is 0.374 e. The third kappa shape index (κ3) is 4.15. The smallest absolute Gasteiger partial charge is 0.243 e.